The molecule has 2 aromatic carbocycles. The van der Waals surface area contributed by atoms with E-state index in [4.69, 9.17) is 0 Å². The van der Waals surface area contributed by atoms with Gasteiger partial charge in [0.15, 0.2) is 4.96 Å². The number of hydrogen-bond acceptors (Lipinski definition) is 6. The molecular formula is C21H17N5O3S. The predicted molar refractivity (Wildman–Crippen MR) is 116 cm³/mol. The molecular weight excluding hydrogens is 402 g/mol. The van der Waals surface area contributed by atoms with Gasteiger partial charge in [-0.25, -0.2) is 4.98 Å². The van der Waals surface area contributed by atoms with Gasteiger partial charge in [-0.15, -0.1) is 11.3 Å². The van der Waals surface area contributed by atoms with Crippen LogP contribution in [-0.4, -0.2) is 26.3 Å². The first kappa shape index (κ1) is 18.3. The molecule has 0 atom stereocenters. The second-order valence-corrected chi connectivity index (χ2v) is 8.03. The third-order valence-corrected chi connectivity index (χ3v) is 5.70. The van der Waals surface area contributed by atoms with E-state index in [1.807, 2.05) is 34.3 Å². The van der Waals surface area contributed by atoms with Gasteiger partial charge in [0.25, 0.3) is 11.6 Å². The summed E-state index contributed by atoms with van der Waals surface area (Å²) in [7, 11) is 0. The summed E-state index contributed by atoms with van der Waals surface area (Å²) >= 11 is 1.57. The van der Waals surface area contributed by atoms with Crippen LogP contribution in [0.25, 0.3) is 16.2 Å². The fourth-order valence-electron chi connectivity index (χ4n) is 3.19. The number of imidazole rings is 1. The van der Waals surface area contributed by atoms with E-state index >= 15 is 0 Å². The van der Waals surface area contributed by atoms with Gasteiger partial charge in [0.2, 0.25) is 0 Å². The number of nitro groups is 1. The van der Waals surface area contributed by atoms with Crippen LogP contribution in [0.3, 0.4) is 0 Å². The van der Waals surface area contributed by atoms with Crippen LogP contribution in [0, 0.1) is 10.1 Å². The van der Waals surface area contributed by atoms with Gasteiger partial charge in [-0.1, -0.05) is 12.1 Å². The molecule has 150 valence electrons. The summed E-state index contributed by atoms with van der Waals surface area (Å²) in [5, 5.41) is 19.3. The number of nitrogens with zero attached hydrogens (tertiary/aromatic N) is 3. The maximum atomic E-state index is 12.6. The van der Waals surface area contributed by atoms with Gasteiger partial charge in [0.1, 0.15) is 5.69 Å². The molecule has 9 heteroatoms. The quantitative estimate of drug-likeness (QED) is 0.345. The lowest BCUT2D eigenvalue weighted by molar-refractivity contribution is -0.384. The maximum absolute atomic E-state index is 12.6. The van der Waals surface area contributed by atoms with E-state index in [1.165, 1.54) is 6.07 Å². The van der Waals surface area contributed by atoms with Crippen LogP contribution in [0.5, 0.6) is 0 Å². The second-order valence-electron chi connectivity index (χ2n) is 7.16. The van der Waals surface area contributed by atoms with Crippen LogP contribution in [0.2, 0.25) is 0 Å². The minimum absolute atomic E-state index is 0.0929. The Kier molecular flexibility index (Phi) is 4.44. The summed E-state index contributed by atoms with van der Waals surface area (Å²) in [6, 6.07) is 12.1. The number of fused-ring (bicyclic) bond motifs is 1. The SMILES string of the molecule is O=C(Nc1ccc(-c2cn3ccsc3n2)cc1)c1ccc(NC2CC2)c([N+](=O)[O-])c1. The summed E-state index contributed by atoms with van der Waals surface area (Å²) < 4.78 is 1.96. The van der Waals surface area contributed by atoms with Crippen molar-refractivity contribution >= 4 is 39.3 Å². The van der Waals surface area contributed by atoms with Gasteiger partial charge in [-0.2, -0.15) is 0 Å². The number of benzene rings is 2. The molecule has 5 rings (SSSR count). The molecule has 1 aliphatic rings. The Bertz CT molecular complexity index is 1230. The number of amides is 1. The molecule has 0 bridgehead atoms. The topological polar surface area (TPSA) is 102 Å². The number of nitro benzene ring substituents is 1. The zero-order chi connectivity index (χ0) is 20.7. The van der Waals surface area contributed by atoms with E-state index in [-0.39, 0.29) is 17.3 Å². The van der Waals surface area contributed by atoms with E-state index in [0.29, 0.717) is 11.4 Å². The molecule has 0 spiro atoms. The van der Waals surface area contributed by atoms with E-state index in [0.717, 1.165) is 29.1 Å². The third-order valence-electron chi connectivity index (χ3n) is 4.93. The van der Waals surface area contributed by atoms with E-state index in [9.17, 15) is 14.9 Å². The largest absolute Gasteiger partial charge is 0.377 e. The number of thiazole rings is 1. The lowest BCUT2D eigenvalue weighted by Crippen LogP contribution is -2.13. The molecule has 1 amide bonds. The van der Waals surface area contributed by atoms with E-state index in [2.05, 4.69) is 15.6 Å². The normalized spacial score (nSPS) is 13.3. The first-order chi connectivity index (χ1) is 14.6. The van der Waals surface area contributed by atoms with Gasteiger partial charge in [-0.3, -0.25) is 19.3 Å². The average Bonchev–Trinajstić information content (AvgIpc) is 3.29. The minimum atomic E-state index is -0.466. The number of hydrogen-bond donors (Lipinski definition) is 2. The molecule has 0 unspecified atom stereocenters. The van der Waals surface area contributed by atoms with Gasteiger partial charge < -0.3 is 10.6 Å². The lowest BCUT2D eigenvalue weighted by atomic mass is 10.1. The van der Waals surface area contributed by atoms with Crippen LogP contribution >= 0.6 is 11.3 Å². The second kappa shape index (κ2) is 7.27. The smallest absolute Gasteiger partial charge is 0.293 e. The van der Waals surface area contributed by atoms with Gasteiger partial charge in [0, 0.05) is 46.7 Å². The molecule has 2 heterocycles. The lowest BCUT2D eigenvalue weighted by Gasteiger charge is -2.09. The summed E-state index contributed by atoms with van der Waals surface area (Å²) in [6.07, 6.45) is 5.92. The molecule has 1 aliphatic carbocycles. The maximum Gasteiger partial charge on any atom is 0.293 e. The molecule has 4 aromatic rings. The highest BCUT2D eigenvalue weighted by Crippen LogP contribution is 2.32. The van der Waals surface area contributed by atoms with Crippen molar-refractivity contribution in [3.8, 4) is 11.3 Å². The molecule has 2 N–H and O–H groups in total. The summed E-state index contributed by atoms with van der Waals surface area (Å²) in [4.78, 5) is 29.0. The van der Waals surface area contributed by atoms with Crippen molar-refractivity contribution in [1.29, 1.82) is 0 Å². The Hall–Kier alpha value is -3.72. The number of rotatable bonds is 6. The van der Waals surface area contributed by atoms with Gasteiger partial charge in [0.05, 0.1) is 10.6 Å². The number of anilines is 2. The Morgan fingerprint density at radius 1 is 1.20 bits per heavy atom. The Labute approximate surface area is 175 Å². The molecule has 30 heavy (non-hydrogen) atoms. The van der Waals surface area contributed by atoms with Gasteiger partial charge >= 0.3 is 0 Å². The van der Waals surface area contributed by atoms with E-state index in [1.54, 1.807) is 35.6 Å². The van der Waals surface area contributed by atoms with Crippen molar-refractivity contribution in [1.82, 2.24) is 9.38 Å². The van der Waals surface area contributed by atoms with Crippen molar-refractivity contribution in [2.45, 2.75) is 18.9 Å². The molecule has 0 saturated heterocycles. The van der Waals surface area contributed by atoms with Crippen LogP contribution in [0.1, 0.15) is 23.2 Å². The van der Waals surface area contributed by atoms with Crippen molar-refractivity contribution in [3.05, 3.63) is 75.9 Å². The summed E-state index contributed by atoms with van der Waals surface area (Å²) in [5.74, 6) is -0.397. The standard InChI is InChI=1S/C21H17N5O3S/c27-20(14-3-8-17(22-15-6-7-15)19(11-14)26(28)29)23-16-4-1-13(2-5-16)18-12-25-9-10-30-21(25)24-18/h1-5,8-12,15,22H,6-7H2,(H,23,27). The number of carbonyl (C=O) groups is 1. The fraction of sp³-hybridized carbons (Fsp3) is 0.143. The highest BCUT2D eigenvalue weighted by Gasteiger charge is 2.25. The van der Waals surface area contributed by atoms with Gasteiger partial charge in [-0.05, 0) is 37.1 Å². The molecule has 1 saturated carbocycles. The third kappa shape index (κ3) is 3.62. The van der Waals surface area contributed by atoms with Crippen LogP contribution < -0.4 is 10.6 Å². The van der Waals surface area contributed by atoms with Crippen LogP contribution in [-0.2, 0) is 0 Å². The van der Waals surface area contributed by atoms with Crippen molar-refractivity contribution in [3.63, 3.8) is 0 Å². The predicted octanol–water partition coefficient (Wildman–Crippen LogP) is 4.80. The first-order valence-corrected chi connectivity index (χ1v) is 10.3. The molecule has 0 radical (unpaired) electrons. The summed E-state index contributed by atoms with van der Waals surface area (Å²) in [6.45, 7) is 0. The summed E-state index contributed by atoms with van der Waals surface area (Å²) in [5.41, 5.74) is 2.99. The zero-order valence-corrected chi connectivity index (χ0v) is 16.6. The fourth-order valence-corrected chi connectivity index (χ4v) is 3.89. The van der Waals surface area contributed by atoms with Crippen molar-refractivity contribution in [2.24, 2.45) is 0 Å². The first-order valence-electron chi connectivity index (χ1n) is 9.46. The minimum Gasteiger partial charge on any atom is -0.377 e. The van der Waals surface area contributed by atoms with Crippen molar-refractivity contribution in [2.75, 3.05) is 10.6 Å². The Morgan fingerprint density at radius 2 is 2.00 bits per heavy atom. The molecule has 0 aliphatic heterocycles. The highest BCUT2D eigenvalue weighted by atomic mass is 32.1. The molecule has 8 nitrogen and oxygen atoms in total. The van der Waals surface area contributed by atoms with E-state index < -0.39 is 10.8 Å². The number of aromatic nitrogens is 2. The monoisotopic (exact) mass is 419 g/mol. The number of carbonyl (C=O) groups excluding carboxylic acids is 1. The Balaban J connectivity index is 1.32. The van der Waals surface area contributed by atoms with Crippen LogP contribution in [0.4, 0.5) is 17.1 Å². The number of nitrogens with one attached hydrogen (secondary N) is 2. The van der Waals surface area contributed by atoms with Crippen LogP contribution in [0.15, 0.2) is 60.2 Å². The molecule has 1 fully saturated rings. The zero-order valence-electron chi connectivity index (χ0n) is 15.7. The molecule has 2 aromatic heterocycles. The average molecular weight is 419 g/mol. The van der Waals surface area contributed by atoms with Crippen molar-refractivity contribution < 1.29 is 9.72 Å². The Morgan fingerprint density at radius 3 is 2.70 bits per heavy atom. The highest BCUT2D eigenvalue weighted by molar-refractivity contribution is 7.15.